The third-order valence-electron chi connectivity index (χ3n) is 5.84. The number of carbonyl (C=O) groups is 2. The zero-order valence-electron chi connectivity index (χ0n) is 21.9. The van der Waals surface area contributed by atoms with Gasteiger partial charge in [0.2, 0.25) is 0 Å². The van der Waals surface area contributed by atoms with Crippen molar-refractivity contribution in [1.82, 2.24) is 0 Å². The standard InChI is InChI=1S/C30H31NO7/c1-6-19-30(28(33)38-29(2,3)4,24-20-23(36-5)17-18-25(24)31(34)35)27(32)37-26(21-13-9-7-10-14-21)22-15-11-8-12-16-22/h6-18,20,26H,1,19H2,2-5H3/t30-/m1/s1. The molecule has 3 rings (SSSR count). The maximum absolute atomic E-state index is 14.3. The van der Waals surface area contributed by atoms with E-state index in [2.05, 4.69) is 6.58 Å². The van der Waals surface area contributed by atoms with Gasteiger partial charge >= 0.3 is 11.9 Å². The zero-order valence-corrected chi connectivity index (χ0v) is 21.9. The van der Waals surface area contributed by atoms with Gasteiger partial charge < -0.3 is 14.2 Å². The highest BCUT2D eigenvalue weighted by molar-refractivity contribution is 6.08. The molecule has 8 heteroatoms. The van der Waals surface area contributed by atoms with Gasteiger partial charge in [0.25, 0.3) is 5.69 Å². The van der Waals surface area contributed by atoms with E-state index in [4.69, 9.17) is 14.2 Å². The molecule has 0 saturated heterocycles. The zero-order chi connectivity index (χ0) is 27.9. The van der Waals surface area contributed by atoms with E-state index in [9.17, 15) is 19.7 Å². The van der Waals surface area contributed by atoms with Gasteiger partial charge in [-0.1, -0.05) is 66.7 Å². The number of benzene rings is 3. The van der Waals surface area contributed by atoms with Crippen molar-refractivity contribution in [3.63, 3.8) is 0 Å². The van der Waals surface area contributed by atoms with Gasteiger partial charge in [-0.2, -0.15) is 0 Å². The van der Waals surface area contributed by atoms with Crippen LogP contribution in [0.25, 0.3) is 0 Å². The summed E-state index contributed by atoms with van der Waals surface area (Å²) >= 11 is 0. The van der Waals surface area contributed by atoms with E-state index >= 15 is 0 Å². The number of nitrogens with zero attached hydrogens (tertiary/aromatic N) is 1. The lowest BCUT2D eigenvalue weighted by molar-refractivity contribution is -0.386. The Balaban J connectivity index is 2.28. The molecule has 3 aromatic rings. The molecular weight excluding hydrogens is 486 g/mol. The van der Waals surface area contributed by atoms with Crippen molar-refractivity contribution in [2.24, 2.45) is 0 Å². The van der Waals surface area contributed by atoms with E-state index in [1.54, 1.807) is 69.3 Å². The summed E-state index contributed by atoms with van der Waals surface area (Å²) in [5, 5.41) is 12.1. The lowest BCUT2D eigenvalue weighted by atomic mass is 9.76. The van der Waals surface area contributed by atoms with Crippen LogP contribution in [0.1, 0.15) is 50.0 Å². The van der Waals surface area contributed by atoms with E-state index in [-0.39, 0.29) is 17.7 Å². The summed E-state index contributed by atoms with van der Waals surface area (Å²) in [5.74, 6) is -1.79. The summed E-state index contributed by atoms with van der Waals surface area (Å²) in [4.78, 5) is 39.6. The van der Waals surface area contributed by atoms with Crippen molar-refractivity contribution >= 4 is 17.6 Å². The van der Waals surface area contributed by atoms with Crippen LogP contribution in [-0.2, 0) is 24.5 Å². The molecule has 198 valence electrons. The number of nitro benzene ring substituents is 1. The van der Waals surface area contributed by atoms with Gasteiger partial charge in [0, 0.05) is 6.07 Å². The Morgan fingerprint density at radius 3 is 1.95 bits per heavy atom. The van der Waals surface area contributed by atoms with E-state index in [1.807, 2.05) is 12.1 Å². The number of carbonyl (C=O) groups excluding carboxylic acids is 2. The van der Waals surface area contributed by atoms with Crippen molar-refractivity contribution in [1.29, 1.82) is 0 Å². The smallest absolute Gasteiger partial charge is 0.329 e. The summed E-state index contributed by atoms with van der Waals surface area (Å²) in [5.41, 5.74) is -2.59. The van der Waals surface area contributed by atoms with Gasteiger partial charge in [-0.3, -0.25) is 19.7 Å². The molecule has 0 heterocycles. The predicted octanol–water partition coefficient (Wildman–Crippen LogP) is 6.09. The number of rotatable bonds is 10. The second-order valence-electron chi connectivity index (χ2n) is 9.65. The molecule has 38 heavy (non-hydrogen) atoms. The van der Waals surface area contributed by atoms with E-state index in [1.165, 1.54) is 31.4 Å². The van der Waals surface area contributed by atoms with E-state index in [0.29, 0.717) is 11.1 Å². The average Bonchev–Trinajstić information content (AvgIpc) is 2.89. The highest BCUT2D eigenvalue weighted by atomic mass is 16.6. The van der Waals surface area contributed by atoms with Crippen molar-refractivity contribution in [2.75, 3.05) is 7.11 Å². The summed E-state index contributed by atoms with van der Waals surface area (Å²) in [6.07, 6.45) is 0.126. The normalized spacial score (nSPS) is 12.8. The third-order valence-corrected chi connectivity index (χ3v) is 5.84. The SMILES string of the molecule is C=CC[C@@](C(=O)OC(c1ccccc1)c1ccccc1)(C(=O)OC(C)(C)C)c1cc(OC)ccc1[N+](=O)[O-]. The number of hydrogen-bond donors (Lipinski definition) is 0. The molecule has 3 aromatic carbocycles. The molecule has 0 bridgehead atoms. The van der Waals surface area contributed by atoms with Gasteiger partial charge in [-0.15, -0.1) is 6.58 Å². The summed E-state index contributed by atoms with van der Waals surface area (Å²) in [7, 11) is 1.38. The highest BCUT2D eigenvalue weighted by Gasteiger charge is 2.55. The highest BCUT2D eigenvalue weighted by Crippen LogP contribution is 2.42. The van der Waals surface area contributed by atoms with Gasteiger partial charge in [0.1, 0.15) is 11.4 Å². The molecular formula is C30H31NO7. The summed E-state index contributed by atoms with van der Waals surface area (Å²) < 4.78 is 17.1. The first-order valence-electron chi connectivity index (χ1n) is 12.0. The van der Waals surface area contributed by atoms with Crippen molar-refractivity contribution in [3.8, 4) is 5.75 Å². The van der Waals surface area contributed by atoms with E-state index < -0.39 is 39.7 Å². The van der Waals surface area contributed by atoms with Crippen LogP contribution in [0.3, 0.4) is 0 Å². The van der Waals surface area contributed by atoms with E-state index in [0.717, 1.165) is 0 Å². The van der Waals surface area contributed by atoms with Gasteiger partial charge in [-0.25, -0.2) is 0 Å². The Hall–Kier alpha value is -4.46. The van der Waals surface area contributed by atoms with Crippen LogP contribution in [0.2, 0.25) is 0 Å². The minimum Gasteiger partial charge on any atom is -0.497 e. The van der Waals surface area contributed by atoms with Crippen molar-refractivity contribution in [2.45, 2.75) is 44.3 Å². The van der Waals surface area contributed by atoms with Crippen molar-refractivity contribution < 1.29 is 28.7 Å². The van der Waals surface area contributed by atoms with Crippen molar-refractivity contribution in [3.05, 3.63) is 118 Å². The van der Waals surface area contributed by atoms with Gasteiger partial charge in [-0.05, 0) is 50.5 Å². The second kappa shape index (κ2) is 11.7. The van der Waals surface area contributed by atoms with Crippen LogP contribution in [-0.4, -0.2) is 29.6 Å². The Morgan fingerprint density at radius 2 is 1.50 bits per heavy atom. The monoisotopic (exact) mass is 517 g/mol. The van der Waals surface area contributed by atoms with Gasteiger partial charge in [0.05, 0.1) is 17.6 Å². The first-order valence-corrected chi connectivity index (χ1v) is 12.0. The maximum Gasteiger partial charge on any atom is 0.329 e. The number of ether oxygens (including phenoxy) is 3. The molecule has 0 radical (unpaired) electrons. The molecule has 0 aliphatic carbocycles. The molecule has 0 fully saturated rings. The average molecular weight is 518 g/mol. The maximum atomic E-state index is 14.3. The summed E-state index contributed by atoms with van der Waals surface area (Å²) in [6.45, 7) is 8.66. The fourth-order valence-electron chi connectivity index (χ4n) is 4.10. The summed E-state index contributed by atoms with van der Waals surface area (Å²) in [6, 6.07) is 21.9. The number of hydrogen-bond acceptors (Lipinski definition) is 7. The predicted molar refractivity (Wildman–Crippen MR) is 143 cm³/mol. The minimum atomic E-state index is -2.24. The number of nitro groups is 1. The Kier molecular flexibility index (Phi) is 8.68. The first-order chi connectivity index (χ1) is 18.0. The van der Waals surface area contributed by atoms with Crippen LogP contribution in [0.15, 0.2) is 91.5 Å². The lowest BCUT2D eigenvalue weighted by Crippen LogP contribution is -2.48. The van der Waals surface area contributed by atoms with Crippen LogP contribution in [0, 0.1) is 10.1 Å². The fourth-order valence-corrected chi connectivity index (χ4v) is 4.10. The molecule has 0 saturated carbocycles. The Labute approximate surface area is 222 Å². The lowest BCUT2D eigenvalue weighted by Gasteiger charge is -2.33. The van der Waals surface area contributed by atoms with Crippen LogP contribution in [0.4, 0.5) is 5.69 Å². The van der Waals surface area contributed by atoms with Crippen LogP contribution in [0.5, 0.6) is 5.75 Å². The van der Waals surface area contributed by atoms with Gasteiger partial charge in [0.15, 0.2) is 11.5 Å². The molecule has 0 aliphatic rings. The molecule has 0 unspecified atom stereocenters. The number of esters is 2. The minimum absolute atomic E-state index is 0.208. The quantitative estimate of drug-likeness (QED) is 0.105. The van der Waals surface area contributed by atoms with Crippen LogP contribution < -0.4 is 4.74 Å². The Morgan fingerprint density at radius 1 is 0.947 bits per heavy atom. The number of methoxy groups -OCH3 is 1. The molecule has 1 atom stereocenters. The Bertz CT molecular complexity index is 1260. The molecule has 8 nitrogen and oxygen atoms in total. The first kappa shape index (κ1) is 28.1. The molecule has 0 spiro atoms. The molecule has 0 N–H and O–H groups in total. The topological polar surface area (TPSA) is 105 Å². The number of allylic oxidation sites excluding steroid dienone is 1. The van der Waals surface area contributed by atoms with Crippen LogP contribution >= 0.6 is 0 Å². The molecule has 0 aromatic heterocycles. The fraction of sp³-hybridized carbons (Fsp3) is 0.267. The third kappa shape index (κ3) is 6.08. The molecule has 0 amide bonds. The molecule has 0 aliphatic heterocycles. The second-order valence-corrected chi connectivity index (χ2v) is 9.65. The largest absolute Gasteiger partial charge is 0.497 e.